The van der Waals surface area contributed by atoms with Gasteiger partial charge in [0.05, 0.1) is 18.1 Å². The monoisotopic (exact) mass is 214 g/mol. The smallest absolute Gasteiger partial charge is 0.324 e. The Morgan fingerprint density at radius 1 is 1.67 bits per heavy atom. The Bertz CT molecular complexity index is 293. The molecule has 6 nitrogen and oxygen atoms in total. The molecule has 0 radical (unpaired) electrons. The molecule has 0 saturated heterocycles. The third-order valence-electron chi connectivity index (χ3n) is 1.97. The van der Waals surface area contributed by atoms with Crippen molar-refractivity contribution in [3.8, 4) is 6.07 Å². The third kappa shape index (κ3) is 3.94. The Labute approximate surface area is 88.0 Å². The maximum absolute atomic E-state index is 11.3. The van der Waals surface area contributed by atoms with Crippen LogP contribution < -0.4 is 0 Å². The predicted molar refractivity (Wildman–Crippen MR) is 51.4 cm³/mol. The number of carbonyl (C=O) groups excluding carboxylic acids is 1. The zero-order valence-corrected chi connectivity index (χ0v) is 9.02. The second-order valence-electron chi connectivity index (χ2n) is 3.79. The van der Waals surface area contributed by atoms with Gasteiger partial charge in [-0.05, 0) is 6.92 Å². The maximum atomic E-state index is 11.3. The lowest BCUT2D eigenvalue weighted by Crippen LogP contribution is -2.36. The summed E-state index contributed by atoms with van der Waals surface area (Å²) in [5, 5.41) is 19.2. The summed E-state index contributed by atoms with van der Waals surface area (Å²) in [6, 6.07) is 1.75. The lowest BCUT2D eigenvalue weighted by atomic mass is 9.79. The number of ether oxygens (including phenoxy) is 1. The predicted octanol–water partition coefficient (Wildman–Crippen LogP) is 0.992. The van der Waals surface area contributed by atoms with Gasteiger partial charge in [-0.2, -0.15) is 5.26 Å². The van der Waals surface area contributed by atoms with Crippen LogP contribution >= 0.6 is 0 Å². The number of esters is 1. The van der Waals surface area contributed by atoms with Crippen LogP contribution in [-0.2, 0) is 9.53 Å². The molecule has 0 N–H and O–H groups in total. The first-order chi connectivity index (χ1) is 6.85. The third-order valence-corrected chi connectivity index (χ3v) is 1.97. The standard InChI is InChI=1S/C9H14N2O4/c1-4-15-8(12)7(5-10)9(2,3)6-11(13)14/h7H,4,6H2,1-3H3. The number of nitriles is 1. The molecule has 0 aromatic rings. The highest BCUT2D eigenvalue weighted by Gasteiger charge is 2.40. The Hall–Kier alpha value is -1.64. The van der Waals surface area contributed by atoms with Crippen LogP contribution in [0, 0.1) is 32.8 Å². The van der Waals surface area contributed by atoms with E-state index in [4.69, 9.17) is 5.26 Å². The highest BCUT2D eigenvalue weighted by atomic mass is 16.6. The van der Waals surface area contributed by atoms with E-state index in [2.05, 4.69) is 4.74 Å². The Kier molecular flexibility index (Phi) is 4.71. The number of nitrogens with zero attached hydrogens (tertiary/aromatic N) is 2. The van der Waals surface area contributed by atoms with Gasteiger partial charge >= 0.3 is 5.97 Å². The molecule has 15 heavy (non-hydrogen) atoms. The zero-order chi connectivity index (χ0) is 12.1. The van der Waals surface area contributed by atoms with Crippen molar-refractivity contribution in [2.75, 3.05) is 13.2 Å². The number of rotatable bonds is 5. The van der Waals surface area contributed by atoms with Crippen molar-refractivity contribution in [2.24, 2.45) is 11.3 Å². The second kappa shape index (κ2) is 5.29. The van der Waals surface area contributed by atoms with E-state index in [1.165, 1.54) is 13.8 Å². The number of hydrogen-bond acceptors (Lipinski definition) is 5. The minimum absolute atomic E-state index is 0.158. The first-order valence-electron chi connectivity index (χ1n) is 4.53. The summed E-state index contributed by atoms with van der Waals surface area (Å²) < 4.78 is 4.68. The fraction of sp³-hybridized carbons (Fsp3) is 0.778. The average molecular weight is 214 g/mol. The quantitative estimate of drug-likeness (QED) is 0.386. The highest BCUT2D eigenvalue weighted by molar-refractivity contribution is 5.76. The van der Waals surface area contributed by atoms with E-state index in [1.807, 2.05) is 0 Å². The molecule has 1 unspecified atom stereocenters. The Balaban J connectivity index is 4.73. The average Bonchev–Trinajstić information content (AvgIpc) is 2.01. The molecule has 0 bridgehead atoms. The van der Waals surface area contributed by atoms with Gasteiger partial charge in [0, 0.05) is 4.92 Å². The molecule has 0 aliphatic heterocycles. The van der Waals surface area contributed by atoms with E-state index in [1.54, 1.807) is 13.0 Å². The SMILES string of the molecule is CCOC(=O)C(C#N)C(C)(C)C[N+](=O)[O-]. The van der Waals surface area contributed by atoms with Gasteiger partial charge in [-0.15, -0.1) is 0 Å². The minimum Gasteiger partial charge on any atom is -0.465 e. The van der Waals surface area contributed by atoms with Crippen LogP contribution in [0.1, 0.15) is 20.8 Å². The molecule has 0 aliphatic rings. The van der Waals surface area contributed by atoms with E-state index in [9.17, 15) is 14.9 Å². The van der Waals surface area contributed by atoms with Crippen molar-refractivity contribution in [1.29, 1.82) is 5.26 Å². The summed E-state index contributed by atoms with van der Waals surface area (Å²) in [4.78, 5) is 21.2. The van der Waals surface area contributed by atoms with Crippen LogP contribution in [0.3, 0.4) is 0 Å². The van der Waals surface area contributed by atoms with E-state index in [0.717, 1.165) is 0 Å². The molecule has 0 saturated carbocycles. The van der Waals surface area contributed by atoms with Crippen molar-refractivity contribution in [2.45, 2.75) is 20.8 Å². The summed E-state index contributed by atoms with van der Waals surface area (Å²) in [5.74, 6) is -1.81. The van der Waals surface area contributed by atoms with Gasteiger partial charge < -0.3 is 4.74 Å². The number of nitro groups is 1. The molecule has 6 heteroatoms. The van der Waals surface area contributed by atoms with E-state index >= 15 is 0 Å². The van der Waals surface area contributed by atoms with E-state index in [-0.39, 0.29) is 6.61 Å². The fourth-order valence-electron chi connectivity index (χ4n) is 1.20. The summed E-state index contributed by atoms with van der Waals surface area (Å²) in [6.07, 6.45) is 0. The summed E-state index contributed by atoms with van der Waals surface area (Å²) in [5.41, 5.74) is -1.02. The van der Waals surface area contributed by atoms with E-state index in [0.29, 0.717) is 0 Å². The minimum atomic E-state index is -1.11. The van der Waals surface area contributed by atoms with E-state index < -0.39 is 28.8 Å². The largest absolute Gasteiger partial charge is 0.465 e. The van der Waals surface area contributed by atoms with Crippen LogP contribution in [0.15, 0.2) is 0 Å². The van der Waals surface area contributed by atoms with Gasteiger partial charge in [0.25, 0.3) is 0 Å². The highest BCUT2D eigenvalue weighted by Crippen LogP contribution is 2.27. The molecule has 0 spiro atoms. The van der Waals surface area contributed by atoms with Gasteiger partial charge in [0.1, 0.15) is 0 Å². The number of carbonyl (C=O) groups is 1. The number of hydrogen-bond donors (Lipinski definition) is 0. The molecule has 0 rings (SSSR count). The van der Waals surface area contributed by atoms with Crippen LogP contribution in [0.4, 0.5) is 0 Å². The molecule has 84 valence electrons. The molecule has 0 aromatic carbocycles. The van der Waals surface area contributed by atoms with Crippen LogP contribution in [0.25, 0.3) is 0 Å². The van der Waals surface area contributed by atoms with Crippen molar-refractivity contribution in [1.82, 2.24) is 0 Å². The molecule has 0 fully saturated rings. The van der Waals surface area contributed by atoms with Crippen molar-refractivity contribution < 1.29 is 14.5 Å². The van der Waals surface area contributed by atoms with Crippen molar-refractivity contribution >= 4 is 5.97 Å². The Morgan fingerprint density at radius 2 is 2.20 bits per heavy atom. The first-order valence-corrected chi connectivity index (χ1v) is 4.53. The lowest BCUT2D eigenvalue weighted by Gasteiger charge is -2.23. The summed E-state index contributed by atoms with van der Waals surface area (Å²) in [7, 11) is 0. The molecule has 0 aliphatic carbocycles. The summed E-state index contributed by atoms with van der Waals surface area (Å²) >= 11 is 0. The first kappa shape index (κ1) is 13.4. The van der Waals surface area contributed by atoms with Crippen molar-refractivity contribution in [3.05, 3.63) is 10.1 Å². The summed E-state index contributed by atoms with van der Waals surface area (Å²) in [6.45, 7) is 4.34. The molecule has 0 heterocycles. The van der Waals surface area contributed by atoms with Gasteiger partial charge in [-0.1, -0.05) is 13.8 Å². The second-order valence-corrected chi connectivity index (χ2v) is 3.79. The van der Waals surface area contributed by atoms with Crippen molar-refractivity contribution in [3.63, 3.8) is 0 Å². The molecular formula is C9H14N2O4. The normalized spacial score (nSPS) is 12.7. The molecular weight excluding hydrogens is 200 g/mol. The topological polar surface area (TPSA) is 93.2 Å². The van der Waals surface area contributed by atoms with Gasteiger partial charge in [0.2, 0.25) is 6.54 Å². The van der Waals surface area contributed by atoms with Gasteiger partial charge in [0.15, 0.2) is 5.92 Å². The maximum Gasteiger partial charge on any atom is 0.324 e. The lowest BCUT2D eigenvalue weighted by molar-refractivity contribution is -0.496. The van der Waals surface area contributed by atoms with Crippen LogP contribution in [0.2, 0.25) is 0 Å². The zero-order valence-electron chi connectivity index (χ0n) is 9.02. The van der Waals surface area contributed by atoms with Crippen LogP contribution in [0.5, 0.6) is 0 Å². The van der Waals surface area contributed by atoms with Gasteiger partial charge in [-0.25, -0.2) is 0 Å². The Morgan fingerprint density at radius 3 is 2.53 bits per heavy atom. The fourth-order valence-corrected chi connectivity index (χ4v) is 1.20. The van der Waals surface area contributed by atoms with Crippen LogP contribution in [-0.4, -0.2) is 24.0 Å². The molecule has 1 atom stereocenters. The van der Waals surface area contributed by atoms with Gasteiger partial charge in [-0.3, -0.25) is 14.9 Å². The molecule has 0 amide bonds. The molecule has 0 aromatic heterocycles.